The average Bonchev–Trinajstić information content (AvgIpc) is 3.07. The number of hydrogen-bond acceptors (Lipinski definition) is 6. The van der Waals surface area contributed by atoms with Crippen LogP contribution in [0.3, 0.4) is 0 Å². The zero-order valence-corrected chi connectivity index (χ0v) is 16.7. The van der Waals surface area contributed by atoms with Gasteiger partial charge in [0.2, 0.25) is 0 Å². The van der Waals surface area contributed by atoms with Crippen LogP contribution in [0.2, 0.25) is 0 Å². The standard InChI is InChI=1S/C17H30N4O3S/c1-6-18-17(19-10-8-7-9-15(22)24-5)21(3)11-14-12-25-16(20-14)13(2)23-4/h12-13H,6-11H2,1-5H3,(H,18,19). The SMILES string of the molecule is CCNC(=NCCCCC(=O)OC)N(C)Cc1csc(C(C)OC)n1. The summed E-state index contributed by atoms with van der Waals surface area (Å²) in [5.41, 5.74) is 1.00. The smallest absolute Gasteiger partial charge is 0.305 e. The summed E-state index contributed by atoms with van der Waals surface area (Å²) in [6, 6.07) is 0. The summed E-state index contributed by atoms with van der Waals surface area (Å²) in [4.78, 5) is 22.4. The van der Waals surface area contributed by atoms with Crippen molar-refractivity contribution in [3.8, 4) is 0 Å². The van der Waals surface area contributed by atoms with Crippen molar-refractivity contribution < 1.29 is 14.3 Å². The lowest BCUT2D eigenvalue weighted by Gasteiger charge is -2.21. The van der Waals surface area contributed by atoms with Crippen LogP contribution in [0.15, 0.2) is 10.4 Å². The number of methoxy groups -OCH3 is 2. The number of nitrogens with zero attached hydrogens (tertiary/aromatic N) is 3. The summed E-state index contributed by atoms with van der Waals surface area (Å²) in [5, 5.41) is 6.33. The summed E-state index contributed by atoms with van der Waals surface area (Å²) in [7, 11) is 5.10. The second-order valence-corrected chi connectivity index (χ2v) is 6.57. The van der Waals surface area contributed by atoms with Gasteiger partial charge >= 0.3 is 5.97 Å². The molecule has 0 aliphatic carbocycles. The first-order valence-electron chi connectivity index (χ1n) is 8.55. The Bertz CT molecular complexity index is 548. The normalized spacial score (nSPS) is 12.8. The van der Waals surface area contributed by atoms with Crippen LogP contribution in [-0.4, -0.2) is 56.2 Å². The molecule has 1 aromatic heterocycles. The van der Waals surface area contributed by atoms with Gasteiger partial charge in [-0.1, -0.05) is 0 Å². The van der Waals surface area contributed by atoms with Gasteiger partial charge in [0.25, 0.3) is 0 Å². The molecule has 7 nitrogen and oxygen atoms in total. The molecule has 0 amide bonds. The van der Waals surface area contributed by atoms with E-state index < -0.39 is 0 Å². The largest absolute Gasteiger partial charge is 0.469 e. The number of guanidine groups is 1. The molecule has 0 saturated heterocycles. The van der Waals surface area contributed by atoms with E-state index in [0.29, 0.717) is 19.5 Å². The highest BCUT2D eigenvalue weighted by Crippen LogP contribution is 2.20. The molecule has 1 atom stereocenters. The molecular formula is C17H30N4O3S. The molecule has 25 heavy (non-hydrogen) atoms. The molecule has 0 aliphatic rings. The molecule has 0 fully saturated rings. The Labute approximate surface area is 154 Å². The van der Waals surface area contributed by atoms with E-state index in [0.717, 1.165) is 36.0 Å². The van der Waals surface area contributed by atoms with Crippen LogP contribution in [0.5, 0.6) is 0 Å². The molecule has 1 N–H and O–H groups in total. The second-order valence-electron chi connectivity index (χ2n) is 5.68. The summed E-state index contributed by atoms with van der Waals surface area (Å²) in [5.74, 6) is 0.674. The minimum Gasteiger partial charge on any atom is -0.469 e. The van der Waals surface area contributed by atoms with E-state index in [4.69, 9.17) is 4.74 Å². The van der Waals surface area contributed by atoms with Crippen molar-refractivity contribution in [3.05, 3.63) is 16.1 Å². The maximum atomic E-state index is 11.1. The van der Waals surface area contributed by atoms with Gasteiger partial charge in [-0.05, 0) is 26.7 Å². The topological polar surface area (TPSA) is 76.0 Å². The third-order valence-corrected chi connectivity index (χ3v) is 4.70. The summed E-state index contributed by atoms with van der Waals surface area (Å²) in [6.45, 7) is 6.19. The molecule has 1 aromatic rings. The van der Waals surface area contributed by atoms with Crippen molar-refractivity contribution in [2.75, 3.05) is 34.4 Å². The number of thiazole rings is 1. The number of hydrogen-bond donors (Lipinski definition) is 1. The van der Waals surface area contributed by atoms with Crippen LogP contribution in [0, 0.1) is 0 Å². The van der Waals surface area contributed by atoms with Crippen molar-refractivity contribution in [2.45, 2.75) is 45.8 Å². The van der Waals surface area contributed by atoms with Gasteiger partial charge in [0.05, 0.1) is 19.3 Å². The fourth-order valence-corrected chi connectivity index (χ4v) is 2.98. The molecule has 142 valence electrons. The van der Waals surface area contributed by atoms with Crippen molar-refractivity contribution in [1.29, 1.82) is 0 Å². The molecule has 0 radical (unpaired) electrons. The first-order valence-corrected chi connectivity index (χ1v) is 9.43. The molecular weight excluding hydrogens is 340 g/mol. The van der Waals surface area contributed by atoms with Crippen LogP contribution in [0.1, 0.15) is 49.9 Å². The Morgan fingerprint density at radius 1 is 1.44 bits per heavy atom. The third-order valence-electron chi connectivity index (χ3n) is 3.64. The van der Waals surface area contributed by atoms with Crippen molar-refractivity contribution in [2.24, 2.45) is 4.99 Å². The zero-order chi connectivity index (χ0) is 18.7. The van der Waals surface area contributed by atoms with Crippen molar-refractivity contribution >= 4 is 23.3 Å². The predicted molar refractivity (Wildman–Crippen MR) is 101 cm³/mol. The number of unbranched alkanes of at least 4 members (excludes halogenated alkanes) is 1. The molecule has 1 unspecified atom stereocenters. The monoisotopic (exact) mass is 370 g/mol. The van der Waals surface area contributed by atoms with Crippen LogP contribution < -0.4 is 5.32 Å². The predicted octanol–water partition coefficient (Wildman–Crippen LogP) is 2.59. The molecule has 1 rings (SSSR count). The van der Waals surface area contributed by atoms with Gasteiger partial charge in [0, 0.05) is 39.0 Å². The number of esters is 1. The number of aliphatic imine (C=N–C) groups is 1. The number of rotatable bonds is 10. The molecule has 0 aromatic carbocycles. The lowest BCUT2D eigenvalue weighted by Crippen LogP contribution is -2.38. The van der Waals surface area contributed by atoms with E-state index in [1.165, 1.54) is 7.11 Å². The van der Waals surface area contributed by atoms with E-state index in [1.54, 1.807) is 18.4 Å². The lowest BCUT2D eigenvalue weighted by molar-refractivity contribution is -0.140. The highest BCUT2D eigenvalue weighted by molar-refractivity contribution is 7.09. The average molecular weight is 371 g/mol. The Balaban J connectivity index is 2.54. The summed E-state index contributed by atoms with van der Waals surface area (Å²) >= 11 is 1.61. The van der Waals surface area contributed by atoms with Gasteiger partial charge in [0.1, 0.15) is 11.1 Å². The first-order chi connectivity index (χ1) is 12.0. The maximum absolute atomic E-state index is 11.1. The highest BCUT2D eigenvalue weighted by Gasteiger charge is 2.12. The fourth-order valence-electron chi connectivity index (χ4n) is 2.14. The third kappa shape index (κ3) is 7.83. The van der Waals surface area contributed by atoms with Gasteiger partial charge in [-0.15, -0.1) is 11.3 Å². The number of nitrogens with one attached hydrogen (secondary N) is 1. The van der Waals surface area contributed by atoms with Crippen molar-refractivity contribution in [3.63, 3.8) is 0 Å². The van der Waals surface area contributed by atoms with E-state index in [9.17, 15) is 4.79 Å². The van der Waals surface area contributed by atoms with Crippen molar-refractivity contribution in [1.82, 2.24) is 15.2 Å². The number of carbonyl (C=O) groups is 1. The second kappa shape index (κ2) is 11.8. The van der Waals surface area contributed by atoms with E-state index in [-0.39, 0.29) is 12.1 Å². The van der Waals surface area contributed by atoms with Gasteiger partial charge in [0.15, 0.2) is 5.96 Å². The number of aromatic nitrogens is 1. The van der Waals surface area contributed by atoms with Crippen LogP contribution >= 0.6 is 11.3 Å². The highest BCUT2D eigenvalue weighted by atomic mass is 32.1. The van der Waals surface area contributed by atoms with E-state index in [2.05, 4.69) is 30.3 Å². The molecule has 0 spiro atoms. The number of carbonyl (C=O) groups excluding carboxylic acids is 1. The first kappa shape index (κ1) is 21.4. The quantitative estimate of drug-likeness (QED) is 0.295. The molecule has 0 bridgehead atoms. The minimum atomic E-state index is -0.169. The number of ether oxygens (including phenoxy) is 2. The molecule has 1 heterocycles. The molecule has 0 aliphatic heterocycles. The van der Waals surface area contributed by atoms with Gasteiger partial charge in [-0.3, -0.25) is 9.79 Å². The van der Waals surface area contributed by atoms with E-state index in [1.807, 2.05) is 20.9 Å². The molecule has 0 saturated carbocycles. The Morgan fingerprint density at radius 2 is 2.20 bits per heavy atom. The van der Waals surface area contributed by atoms with Crippen LogP contribution in [-0.2, 0) is 20.8 Å². The zero-order valence-electron chi connectivity index (χ0n) is 15.9. The Hall–Kier alpha value is -1.67. The Morgan fingerprint density at radius 3 is 2.84 bits per heavy atom. The Kier molecular flexibility index (Phi) is 10.1. The minimum absolute atomic E-state index is 0.0146. The van der Waals surface area contributed by atoms with Gasteiger partial charge < -0.3 is 19.7 Å². The summed E-state index contributed by atoms with van der Waals surface area (Å²) < 4.78 is 9.94. The lowest BCUT2D eigenvalue weighted by atomic mass is 10.2. The maximum Gasteiger partial charge on any atom is 0.305 e. The van der Waals surface area contributed by atoms with E-state index >= 15 is 0 Å². The van der Waals surface area contributed by atoms with Gasteiger partial charge in [-0.25, -0.2) is 4.98 Å². The van der Waals surface area contributed by atoms with Gasteiger partial charge in [-0.2, -0.15) is 0 Å². The fraction of sp³-hybridized carbons (Fsp3) is 0.706. The van der Waals surface area contributed by atoms with Crippen LogP contribution in [0.25, 0.3) is 0 Å². The summed E-state index contributed by atoms with van der Waals surface area (Å²) in [6.07, 6.45) is 2.09. The molecule has 8 heteroatoms. The van der Waals surface area contributed by atoms with Crippen LogP contribution in [0.4, 0.5) is 0 Å².